The van der Waals surface area contributed by atoms with Gasteiger partial charge in [0.2, 0.25) is 0 Å². The van der Waals surface area contributed by atoms with E-state index in [9.17, 15) is 0 Å². The fourth-order valence-electron chi connectivity index (χ4n) is 4.00. The molecule has 0 amide bonds. The maximum Gasteiger partial charge on any atom is 3.00 e. The van der Waals surface area contributed by atoms with Crippen molar-refractivity contribution >= 4 is 159 Å². The molecule has 0 N–H and O–H groups in total. The Hall–Kier alpha value is 21.0. The van der Waals surface area contributed by atoms with E-state index < -0.39 is 0 Å². The Balaban J connectivity index is -0.0000000211. The fraction of sp³-hybridized carbons (Fsp3) is 0.0541. The second-order valence-electron chi connectivity index (χ2n) is 14.8. The molecule has 0 saturated carbocycles. The van der Waals surface area contributed by atoms with Crippen LogP contribution in [0.15, 0.2) is 170 Å². The van der Waals surface area contributed by atoms with Crippen LogP contribution < -0.4 is 0 Å². The molecule has 9 radical (unpaired) electrons. The summed E-state index contributed by atoms with van der Waals surface area (Å²) in [4.78, 5) is 16.5. The number of rotatable bonds is 0. The van der Waals surface area contributed by atoms with Gasteiger partial charge in [0.15, 0.2) is 0 Å². The van der Waals surface area contributed by atoms with Crippen LogP contribution in [0.25, 0.3) is 0 Å². The van der Waals surface area contributed by atoms with Gasteiger partial charge in [-0.3, -0.25) is 90.0 Å². The summed E-state index contributed by atoms with van der Waals surface area (Å²) in [7, 11) is 0. The van der Waals surface area contributed by atoms with Crippen molar-refractivity contribution in [1.82, 2.24) is 0 Å². The van der Waals surface area contributed by atoms with Crippen molar-refractivity contribution in [2.45, 2.75) is 28.2 Å². The number of hydrogen-bond acceptors (Lipinski definition) is 14. The topological polar surface area (TPSA) is 0 Å². The zero-order valence-corrected chi connectivity index (χ0v) is 163. The Kier molecular flexibility index (Phi) is 359. The first kappa shape index (κ1) is 236. The van der Waals surface area contributed by atoms with Crippen LogP contribution in [-0.2, 0) is 814 Å². The number of hydrogen-bond donors (Lipinski definition) is 0. The van der Waals surface area contributed by atoms with Crippen molar-refractivity contribution in [3.8, 4) is 0 Å². The summed E-state index contributed by atoms with van der Waals surface area (Å²) >= 11 is 21.8. The van der Waals surface area contributed by atoms with Gasteiger partial charge in [-0.05, 0) is 11.8 Å². The van der Waals surface area contributed by atoms with E-state index in [2.05, 4.69) is 180 Å². The molecule has 0 aliphatic carbocycles. The van der Waals surface area contributed by atoms with Crippen LogP contribution in [0.2, 0.25) is 0 Å². The molecule has 14 heterocycles. The normalized spacial score (nSPS) is 6.28. The van der Waals surface area contributed by atoms with Gasteiger partial charge in [-0.2, -0.15) is 96.3 Å². The van der Waals surface area contributed by atoms with Crippen LogP contribution in [-0.4, -0.2) is 0 Å². The van der Waals surface area contributed by atoms with Gasteiger partial charge in [0.25, 0.3) is 0 Å². The van der Waals surface area contributed by atoms with Crippen LogP contribution in [0.1, 0.15) is 94.4 Å². The molecule has 0 unspecified atom stereocenters. The summed E-state index contributed by atoms with van der Waals surface area (Å²) in [5, 5.41) is 37.8. The van der Waals surface area contributed by atoms with Gasteiger partial charge >= 0.3 is 196 Å². The molecule has 0 aliphatic rings. The van der Waals surface area contributed by atoms with Gasteiger partial charge in [0, 0.05) is 617 Å². The molecule has 45 heteroatoms. The molecule has 14 aromatic heterocycles. The van der Waals surface area contributed by atoms with E-state index in [1.807, 2.05) is 178 Å². The Morgan fingerprint density at radius 3 is 0.277 bits per heavy atom. The van der Waals surface area contributed by atoms with Crippen LogP contribution in [0.5, 0.6) is 0 Å². The van der Waals surface area contributed by atoms with Gasteiger partial charge < -0.3 is 147 Å². The molecule has 119 heavy (non-hydrogen) atoms. The molecule has 0 bridgehead atoms. The van der Waals surface area contributed by atoms with Gasteiger partial charge in [0.05, 0.1) is 0 Å². The predicted octanol–water partition coefficient (Wildman–Crippen LogP) is 26.3. The molecular weight excluding hydrogens is 5570 g/mol. The van der Waals surface area contributed by atoms with Gasteiger partial charge in [0.1, 0.15) is 0 Å². The zero-order chi connectivity index (χ0) is 64.6. The second kappa shape index (κ2) is 181. The van der Waals surface area contributed by atoms with E-state index in [1.54, 1.807) is 159 Å². The molecule has 14 rings (SSSR count). The first-order valence-corrected chi connectivity index (χ1v) is 36.3. The van der Waals surface area contributed by atoms with Gasteiger partial charge in [-0.15, -0.1) is 80.9 Å². The summed E-state index contributed by atoms with van der Waals surface area (Å²) in [5.74, 6) is 0. The zero-order valence-electron chi connectivity index (χ0n) is 63.8. The van der Waals surface area contributed by atoms with E-state index >= 15 is 0 Å². The van der Waals surface area contributed by atoms with E-state index in [0.717, 1.165) is 68.3 Å². The molecule has 0 fully saturated rings. The van der Waals surface area contributed by atoms with Gasteiger partial charge in [-0.25, -0.2) is 149 Å². The van der Waals surface area contributed by atoms with E-state index in [1.165, 1.54) is 4.88 Å². The summed E-state index contributed by atoms with van der Waals surface area (Å²) in [6.07, 6.45) is 0. The van der Waals surface area contributed by atoms with Crippen LogP contribution in [0.3, 0.4) is 0 Å². The Labute approximate surface area is 1370 Å². The third-order valence-corrected chi connectivity index (χ3v) is 17.0. The third-order valence-electron chi connectivity index (χ3n) is 7.65. The Bertz CT molecular complexity index is 2630. The number of thiophene rings is 14. The summed E-state index contributed by atoms with van der Waals surface area (Å²) in [6.45, 7) is 57.5. The third kappa shape index (κ3) is 178. The first-order valence-electron chi connectivity index (χ1n) is 24.9. The van der Waals surface area contributed by atoms with Crippen LogP contribution >= 0.6 is 159 Å². The van der Waals surface area contributed by atoms with Crippen molar-refractivity contribution in [3.05, 3.63) is 410 Å². The monoisotopic (exact) mass is 5640 g/mol. The van der Waals surface area contributed by atoms with Crippen molar-refractivity contribution < 1.29 is 814 Å². The van der Waals surface area contributed by atoms with E-state index in [4.69, 9.17) is 0 Å². The molecule has 0 saturated heterocycles. The minimum Gasteiger partial charge on any atom is -0.316 e. The standard InChI is InChI=1S/C6H7S.13C5H4S.C2H6.CH4.V.16W.14Y/c1-5-3-4-6(2)7-5;13*1-5-3-2-4-6-5;1-2;;;;;;;;;;;;;;;;;;;;;;;;;;;;;;;;/h3-4H,1H2,2H3;13*2-3H,1H2;1-2H3;1H4;;;;;;;;;;;;;;;;;;;;;;;;;;;;;;;/q-1;13*-2;;;;;;;;;;;;;;;;;;;;;;;;;;;;6*+3. The van der Waals surface area contributed by atoms with Crippen molar-refractivity contribution in [2.24, 2.45) is 0 Å². The molecule has 0 aliphatic heterocycles. The largest absolute Gasteiger partial charge is 3.00 e. The Morgan fingerprint density at radius 1 is 0.176 bits per heavy atom. The summed E-state index contributed by atoms with van der Waals surface area (Å²) in [6, 6.07) is 53.5. The SMILES string of the molecule is C.CC.[CH2-]c1cc[c-]s1.[CH2-]c1cc[c-]s1.[CH2-]c1cc[c-]s1.[CH2-]c1cc[c-]s1.[CH2-]c1cc[c-]s1.[CH2-]c1cc[c-]s1.[CH2-]c1cc[c-]s1.[CH2-]c1cc[c-]s1.[CH2-]c1cc[c-]s1.[CH2-]c1cc[c-]s1.[CH2-]c1cc[c-]s1.[CH2-]c1cc[c-]s1.[CH2-]c1cc[c-]s1.[CH2-]c1ccc(C)s1.[V].[W].[W].[W].[W].[W].[W].[W].[W].[W].[W].[W].[W].[W].[W].[W].[W].[Y+3].[Y+3].[Y+3].[Y+3].[Y+3].[Y+3].[Y].[Y].[Y].[Y].[Y].[Y].[Y].[Y]. The molecule has 0 spiro atoms. The van der Waals surface area contributed by atoms with Crippen LogP contribution in [0, 0.1) is 174 Å². The maximum atomic E-state index is 3.76. The molecule has 0 nitrogen and oxygen atoms in total. The first-order chi connectivity index (χ1) is 41.9. The molecule has 601 valence electrons. The minimum absolute atomic E-state index is 0. The average Bonchev–Trinajstić information content (AvgIpc) is 1.83. The van der Waals surface area contributed by atoms with Crippen molar-refractivity contribution in [3.63, 3.8) is 0 Å². The Morgan fingerprint density at radius 2 is 0.261 bits per heavy atom. The fourth-order valence-corrected chi connectivity index (χ4v) is 10.2. The second-order valence-corrected chi connectivity index (χ2v) is 28.7. The quantitative estimate of drug-likeness (QED) is 0.133. The molecular formula is C74H69S14VW16Y14-9. The maximum absolute atomic E-state index is 3.76. The smallest absolute Gasteiger partial charge is 0.316 e. The molecule has 0 aromatic carbocycles. The predicted molar refractivity (Wildman–Crippen MR) is 411 cm³/mol. The van der Waals surface area contributed by atoms with Crippen molar-refractivity contribution in [2.75, 3.05) is 0 Å². The number of aryl methyl sites for hydroxylation is 1. The van der Waals surface area contributed by atoms with Crippen molar-refractivity contribution in [1.29, 1.82) is 0 Å². The van der Waals surface area contributed by atoms with E-state index in [0.29, 0.717) is 0 Å². The summed E-state index contributed by atoms with van der Waals surface area (Å²) in [5.41, 5.74) is 0. The molecule has 0 atom stereocenters. The van der Waals surface area contributed by atoms with Crippen LogP contribution in [0.4, 0.5) is 0 Å². The minimum atomic E-state index is 0. The average molecular weight is 5640 g/mol. The van der Waals surface area contributed by atoms with E-state index in [-0.39, 0.29) is 821 Å². The summed E-state index contributed by atoms with van der Waals surface area (Å²) < 4.78 is 0. The van der Waals surface area contributed by atoms with Gasteiger partial charge in [-0.1, -0.05) is 21.3 Å². The molecule has 14 aromatic rings.